The first-order valence-corrected chi connectivity index (χ1v) is 8.64. The van der Waals surface area contributed by atoms with E-state index in [-0.39, 0.29) is 31.3 Å². The van der Waals surface area contributed by atoms with E-state index in [9.17, 15) is 14.4 Å². The highest BCUT2D eigenvalue weighted by Crippen LogP contribution is 2.26. The molecule has 1 fully saturated rings. The zero-order valence-electron chi connectivity index (χ0n) is 14.3. The Morgan fingerprint density at radius 3 is 2.42 bits per heavy atom. The van der Waals surface area contributed by atoms with E-state index >= 15 is 0 Å². The van der Waals surface area contributed by atoms with Gasteiger partial charge in [0.2, 0.25) is 5.91 Å². The smallest absolute Gasteiger partial charge is 0.311 e. The Kier molecular flexibility index (Phi) is 5.38. The van der Waals surface area contributed by atoms with Crippen LogP contribution in [-0.4, -0.2) is 30.8 Å². The second-order valence-corrected chi connectivity index (χ2v) is 6.72. The fraction of sp³-hybridized carbons (Fsp3) is 0.250. The fourth-order valence-electron chi connectivity index (χ4n) is 2.81. The first kappa shape index (κ1) is 18.1. The molecule has 1 aliphatic rings. The van der Waals surface area contributed by atoms with Crippen molar-refractivity contribution in [1.29, 1.82) is 0 Å². The summed E-state index contributed by atoms with van der Waals surface area (Å²) < 4.78 is 5.12. The lowest BCUT2D eigenvalue weighted by atomic mass is 10.1. The van der Waals surface area contributed by atoms with Gasteiger partial charge < -0.3 is 9.64 Å². The third-order valence-corrected chi connectivity index (χ3v) is 4.57. The number of amides is 1. The predicted molar refractivity (Wildman–Crippen MR) is 98.4 cm³/mol. The predicted octanol–water partition coefficient (Wildman–Crippen LogP) is 3.43. The van der Waals surface area contributed by atoms with Crippen molar-refractivity contribution in [3.8, 4) is 0 Å². The average Bonchev–Trinajstić information content (AvgIpc) is 3.02. The highest BCUT2D eigenvalue weighted by molar-refractivity contribution is 6.30. The highest BCUT2D eigenvalue weighted by atomic mass is 35.5. The first-order valence-electron chi connectivity index (χ1n) is 8.26. The molecule has 1 heterocycles. The molecule has 1 atom stereocenters. The number of Topliss-reactive ketones (excluding diaryl/α,β-unsaturated/α-hetero) is 1. The molecule has 0 aliphatic carbocycles. The second kappa shape index (κ2) is 7.70. The molecule has 1 aliphatic heterocycles. The van der Waals surface area contributed by atoms with Crippen LogP contribution in [0.3, 0.4) is 0 Å². The number of hydrogen-bond acceptors (Lipinski definition) is 4. The topological polar surface area (TPSA) is 63.7 Å². The summed E-state index contributed by atoms with van der Waals surface area (Å²) in [5.41, 5.74) is 2.27. The Labute approximate surface area is 156 Å². The Bertz CT molecular complexity index is 830. The first-order chi connectivity index (χ1) is 12.4. The lowest BCUT2D eigenvalue weighted by Gasteiger charge is -2.16. The van der Waals surface area contributed by atoms with Crippen LogP contribution in [0.25, 0.3) is 0 Å². The van der Waals surface area contributed by atoms with Crippen molar-refractivity contribution in [2.75, 3.05) is 18.1 Å². The van der Waals surface area contributed by atoms with Crippen LogP contribution in [0.4, 0.5) is 5.69 Å². The van der Waals surface area contributed by atoms with Gasteiger partial charge >= 0.3 is 5.97 Å². The number of nitrogens with zero attached hydrogens (tertiary/aromatic N) is 1. The largest absolute Gasteiger partial charge is 0.457 e. The van der Waals surface area contributed by atoms with E-state index in [0.717, 1.165) is 11.3 Å². The summed E-state index contributed by atoms with van der Waals surface area (Å²) >= 11 is 5.78. The van der Waals surface area contributed by atoms with E-state index in [1.807, 2.05) is 31.2 Å². The van der Waals surface area contributed by atoms with Crippen molar-refractivity contribution < 1.29 is 19.1 Å². The Morgan fingerprint density at radius 2 is 1.77 bits per heavy atom. The molecule has 0 N–H and O–H groups in total. The van der Waals surface area contributed by atoms with E-state index < -0.39 is 11.9 Å². The molecule has 0 aromatic heterocycles. The molecule has 0 saturated carbocycles. The number of esters is 1. The molecule has 0 unspecified atom stereocenters. The van der Waals surface area contributed by atoms with Gasteiger partial charge in [0.25, 0.3) is 0 Å². The maximum absolute atomic E-state index is 12.2. The summed E-state index contributed by atoms with van der Waals surface area (Å²) in [6, 6.07) is 13.9. The van der Waals surface area contributed by atoms with Crippen molar-refractivity contribution >= 4 is 34.9 Å². The molecule has 0 spiro atoms. The Morgan fingerprint density at radius 1 is 1.12 bits per heavy atom. The van der Waals surface area contributed by atoms with Gasteiger partial charge in [-0.1, -0.05) is 29.3 Å². The molecule has 6 heteroatoms. The number of benzene rings is 2. The number of hydrogen-bond donors (Lipinski definition) is 0. The molecule has 5 nitrogen and oxygen atoms in total. The van der Waals surface area contributed by atoms with Crippen LogP contribution in [0.15, 0.2) is 48.5 Å². The van der Waals surface area contributed by atoms with Gasteiger partial charge in [0.1, 0.15) is 0 Å². The maximum Gasteiger partial charge on any atom is 0.311 e. The zero-order valence-corrected chi connectivity index (χ0v) is 15.0. The van der Waals surface area contributed by atoms with E-state index in [4.69, 9.17) is 16.3 Å². The molecular weight excluding hydrogens is 354 g/mol. The van der Waals surface area contributed by atoms with Gasteiger partial charge in [0, 0.05) is 29.2 Å². The minimum absolute atomic E-state index is 0.0852. The molecule has 26 heavy (non-hydrogen) atoms. The minimum Gasteiger partial charge on any atom is -0.457 e. The summed E-state index contributed by atoms with van der Waals surface area (Å²) in [5.74, 6) is -1.54. The molecule has 1 amide bonds. The Balaban J connectivity index is 1.57. The minimum atomic E-state index is -0.568. The quantitative estimate of drug-likeness (QED) is 0.596. The van der Waals surface area contributed by atoms with E-state index in [1.54, 1.807) is 29.2 Å². The number of aryl methyl sites for hydroxylation is 1. The third kappa shape index (κ3) is 4.11. The molecule has 1 saturated heterocycles. The van der Waals surface area contributed by atoms with Crippen LogP contribution in [0.5, 0.6) is 0 Å². The van der Waals surface area contributed by atoms with E-state index in [1.165, 1.54) is 0 Å². The third-order valence-electron chi connectivity index (χ3n) is 4.32. The summed E-state index contributed by atoms with van der Waals surface area (Å²) in [7, 11) is 0. The van der Waals surface area contributed by atoms with Gasteiger partial charge in [0.05, 0.1) is 5.92 Å². The van der Waals surface area contributed by atoms with Crippen LogP contribution >= 0.6 is 11.6 Å². The van der Waals surface area contributed by atoms with Gasteiger partial charge in [0.15, 0.2) is 12.4 Å². The lowest BCUT2D eigenvalue weighted by Crippen LogP contribution is -2.27. The number of carbonyl (C=O) groups excluding carboxylic acids is 3. The fourth-order valence-corrected chi connectivity index (χ4v) is 2.94. The Hall–Kier alpha value is -2.66. The molecule has 0 bridgehead atoms. The number of carbonyl (C=O) groups is 3. The second-order valence-electron chi connectivity index (χ2n) is 6.28. The number of ether oxygens (including phenoxy) is 1. The molecular formula is C20H18ClNO4. The maximum atomic E-state index is 12.2. The summed E-state index contributed by atoms with van der Waals surface area (Å²) in [6.45, 7) is 1.87. The normalized spacial score (nSPS) is 16.6. The van der Waals surface area contributed by atoms with Gasteiger partial charge in [-0.3, -0.25) is 14.4 Å². The molecule has 3 rings (SSSR count). The number of anilines is 1. The number of halogens is 1. The van der Waals surface area contributed by atoms with Gasteiger partial charge in [-0.2, -0.15) is 0 Å². The van der Waals surface area contributed by atoms with Crippen LogP contribution in [0.2, 0.25) is 5.02 Å². The van der Waals surface area contributed by atoms with Crippen LogP contribution < -0.4 is 4.90 Å². The van der Waals surface area contributed by atoms with Gasteiger partial charge in [-0.05, 0) is 43.3 Å². The van der Waals surface area contributed by atoms with Gasteiger partial charge in [-0.15, -0.1) is 0 Å². The number of ketones is 1. The molecule has 0 radical (unpaired) electrons. The number of rotatable bonds is 5. The van der Waals surface area contributed by atoms with Crippen molar-refractivity contribution in [1.82, 2.24) is 0 Å². The monoisotopic (exact) mass is 371 g/mol. The molecule has 2 aromatic carbocycles. The SMILES string of the molecule is Cc1ccc(N2C[C@@H](C(=O)OCC(=O)c3ccc(Cl)cc3)CC2=O)cc1. The van der Waals surface area contributed by atoms with Crippen LogP contribution in [0.1, 0.15) is 22.3 Å². The highest BCUT2D eigenvalue weighted by Gasteiger charge is 2.36. The molecule has 2 aromatic rings. The summed E-state index contributed by atoms with van der Waals surface area (Å²) in [6.07, 6.45) is 0.0852. The van der Waals surface area contributed by atoms with Gasteiger partial charge in [-0.25, -0.2) is 0 Å². The van der Waals surface area contributed by atoms with E-state index in [2.05, 4.69) is 0 Å². The average molecular weight is 372 g/mol. The van der Waals surface area contributed by atoms with Crippen LogP contribution in [0, 0.1) is 12.8 Å². The zero-order chi connectivity index (χ0) is 18.7. The molecule has 134 valence electrons. The van der Waals surface area contributed by atoms with Crippen molar-refractivity contribution in [3.05, 3.63) is 64.7 Å². The van der Waals surface area contributed by atoms with Crippen molar-refractivity contribution in [2.45, 2.75) is 13.3 Å². The van der Waals surface area contributed by atoms with Crippen molar-refractivity contribution in [2.24, 2.45) is 5.92 Å². The van der Waals surface area contributed by atoms with Crippen LogP contribution in [-0.2, 0) is 14.3 Å². The summed E-state index contributed by atoms with van der Waals surface area (Å²) in [4.78, 5) is 38.1. The summed E-state index contributed by atoms with van der Waals surface area (Å²) in [5, 5.41) is 0.527. The standard InChI is InChI=1S/C20H18ClNO4/c1-13-2-8-17(9-3-13)22-11-15(10-19(22)24)20(25)26-12-18(23)14-4-6-16(21)7-5-14/h2-9,15H,10-12H2,1H3/t15-/m0/s1. The van der Waals surface area contributed by atoms with Crippen molar-refractivity contribution in [3.63, 3.8) is 0 Å². The van der Waals surface area contributed by atoms with E-state index in [0.29, 0.717) is 10.6 Å². The lowest BCUT2D eigenvalue weighted by molar-refractivity contribution is -0.147.